The SMILES string of the molecule is Cc1c(CC(=O)Nc2ccc(S(=O)(=O)N3CCCCCC3)cc2)ncn(C)c1=O. The van der Waals surface area contributed by atoms with E-state index in [0.29, 0.717) is 30.0 Å². The van der Waals surface area contributed by atoms with E-state index in [1.54, 1.807) is 26.1 Å². The van der Waals surface area contributed by atoms with Crippen LogP contribution < -0.4 is 10.9 Å². The van der Waals surface area contributed by atoms with Crippen LogP contribution in [0.2, 0.25) is 0 Å². The monoisotopic (exact) mass is 418 g/mol. The van der Waals surface area contributed by atoms with Crippen LogP contribution in [0.15, 0.2) is 40.3 Å². The molecular formula is C20H26N4O4S. The van der Waals surface area contributed by atoms with Gasteiger partial charge in [0.2, 0.25) is 15.9 Å². The Morgan fingerprint density at radius 3 is 2.34 bits per heavy atom. The van der Waals surface area contributed by atoms with Crippen molar-refractivity contribution in [2.24, 2.45) is 7.05 Å². The van der Waals surface area contributed by atoms with Crippen molar-refractivity contribution in [3.8, 4) is 0 Å². The van der Waals surface area contributed by atoms with Crippen molar-refractivity contribution in [1.82, 2.24) is 13.9 Å². The number of aromatic nitrogens is 2. The number of aryl methyl sites for hydroxylation is 1. The van der Waals surface area contributed by atoms with Crippen LogP contribution in [-0.4, -0.2) is 41.3 Å². The van der Waals surface area contributed by atoms with Crippen LogP contribution in [0.25, 0.3) is 0 Å². The summed E-state index contributed by atoms with van der Waals surface area (Å²) >= 11 is 0. The minimum atomic E-state index is -3.52. The molecule has 2 aromatic rings. The zero-order chi connectivity index (χ0) is 21.0. The first-order chi connectivity index (χ1) is 13.8. The predicted molar refractivity (Wildman–Crippen MR) is 110 cm³/mol. The van der Waals surface area contributed by atoms with Gasteiger partial charge in [-0.05, 0) is 44.0 Å². The quantitative estimate of drug-likeness (QED) is 0.798. The zero-order valence-corrected chi connectivity index (χ0v) is 17.5. The Bertz CT molecular complexity index is 1040. The summed E-state index contributed by atoms with van der Waals surface area (Å²) in [6.07, 6.45) is 5.22. The molecule has 0 radical (unpaired) electrons. The second-order valence-corrected chi connectivity index (χ2v) is 9.24. The van der Waals surface area contributed by atoms with Crippen LogP contribution in [0.3, 0.4) is 0 Å². The van der Waals surface area contributed by atoms with Gasteiger partial charge in [0.05, 0.1) is 23.3 Å². The summed E-state index contributed by atoms with van der Waals surface area (Å²) in [4.78, 5) is 28.6. The number of carbonyl (C=O) groups excluding carboxylic acids is 1. The van der Waals surface area contributed by atoms with Crippen LogP contribution in [-0.2, 0) is 28.3 Å². The maximum Gasteiger partial charge on any atom is 0.256 e. The lowest BCUT2D eigenvalue weighted by molar-refractivity contribution is -0.115. The fourth-order valence-corrected chi connectivity index (χ4v) is 4.89. The molecule has 0 atom stereocenters. The van der Waals surface area contributed by atoms with Crippen molar-refractivity contribution in [2.75, 3.05) is 18.4 Å². The number of nitrogens with zero attached hydrogens (tertiary/aromatic N) is 3. The molecule has 3 rings (SSSR count). The standard InChI is InChI=1S/C20H26N4O4S/c1-15-18(21-14-23(2)20(15)26)13-19(25)22-16-7-9-17(10-8-16)29(27,28)24-11-5-3-4-6-12-24/h7-10,14H,3-6,11-13H2,1-2H3,(H,22,25). The van der Waals surface area contributed by atoms with Gasteiger partial charge in [0.25, 0.3) is 5.56 Å². The highest BCUT2D eigenvalue weighted by Gasteiger charge is 2.25. The lowest BCUT2D eigenvalue weighted by Gasteiger charge is -2.20. The molecule has 9 heteroatoms. The highest BCUT2D eigenvalue weighted by molar-refractivity contribution is 7.89. The van der Waals surface area contributed by atoms with Gasteiger partial charge in [-0.25, -0.2) is 13.4 Å². The molecule has 1 N–H and O–H groups in total. The fourth-order valence-electron chi connectivity index (χ4n) is 3.37. The molecule has 0 bridgehead atoms. The number of carbonyl (C=O) groups is 1. The number of benzene rings is 1. The minimum absolute atomic E-state index is 0.0320. The molecule has 2 heterocycles. The second kappa shape index (κ2) is 8.87. The smallest absolute Gasteiger partial charge is 0.256 e. The van der Waals surface area contributed by atoms with E-state index < -0.39 is 10.0 Å². The molecule has 1 aromatic carbocycles. The van der Waals surface area contributed by atoms with Gasteiger partial charge in [-0.3, -0.25) is 9.59 Å². The van der Waals surface area contributed by atoms with Gasteiger partial charge < -0.3 is 9.88 Å². The molecule has 1 aliphatic heterocycles. The first-order valence-corrected chi connectivity index (χ1v) is 11.1. The van der Waals surface area contributed by atoms with Crippen LogP contribution >= 0.6 is 0 Å². The Morgan fingerprint density at radius 2 is 1.72 bits per heavy atom. The molecule has 1 amide bonds. The molecule has 156 valence electrons. The van der Waals surface area contributed by atoms with E-state index in [2.05, 4.69) is 10.3 Å². The predicted octanol–water partition coefficient (Wildman–Crippen LogP) is 1.83. The van der Waals surface area contributed by atoms with Crippen molar-refractivity contribution in [1.29, 1.82) is 0 Å². The summed E-state index contributed by atoms with van der Waals surface area (Å²) in [6.45, 7) is 2.73. The fraction of sp³-hybridized carbons (Fsp3) is 0.450. The summed E-state index contributed by atoms with van der Waals surface area (Å²) in [5.41, 5.74) is 1.16. The van der Waals surface area contributed by atoms with Gasteiger partial charge in [0.1, 0.15) is 0 Å². The maximum atomic E-state index is 12.8. The van der Waals surface area contributed by atoms with E-state index >= 15 is 0 Å². The molecule has 0 spiro atoms. The largest absolute Gasteiger partial charge is 0.326 e. The highest BCUT2D eigenvalue weighted by atomic mass is 32.2. The van der Waals surface area contributed by atoms with Crippen molar-refractivity contribution in [3.63, 3.8) is 0 Å². The van der Waals surface area contributed by atoms with E-state index in [9.17, 15) is 18.0 Å². The Labute approximate surface area is 170 Å². The van der Waals surface area contributed by atoms with Gasteiger partial charge in [-0.15, -0.1) is 0 Å². The number of nitrogens with one attached hydrogen (secondary N) is 1. The molecule has 1 aliphatic rings. The Kier molecular flexibility index (Phi) is 6.49. The van der Waals surface area contributed by atoms with E-state index in [-0.39, 0.29) is 22.8 Å². The molecule has 1 fully saturated rings. The molecular weight excluding hydrogens is 392 g/mol. The number of sulfonamides is 1. The summed E-state index contributed by atoms with van der Waals surface area (Å²) in [7, 11) is -1.92. The average molecular weight is 419 g/mol. The first-order valence-electron chi connectivity index (χ1n) is 9.70. The van der Waals surface area contributed by atoms with E-state index in [1.807, 2.05) is 0 Å². The maximum absolute atomic E-state index is 12.8. The van der Waals surface area contributed by atoms with Crippen molar-refractivity contribution >= 4 is 21.6 Å². The molecule has 0 unspecified atom stereocenters. The number of hydrogen-bond donors (Lipinski definition) is 1. The molecule has 0 saturated carbocycles. The number of amides is 1. The summed E-state index contributed by atoms with van der Waals surface area (Å²) in [5.74, 6) is -0.322. The molecule has 8 nitrogen and oxygen atoms in total. The highest BCUT2D eigenvalue weighted by Crippen LogP contribution is 2.22. The third kappa shape index (κ3) is 4.91. The summed E-state index contributed by atoms with van der Waals surface area (Å²) in [5, 5.41) is 2.72. The Morgan fingerprint density at radius 1 is 1.10 bits per heavy atom. The van der Waals surface area contributed by atoms with Gasteiger partial charge in [0.15, 0.2) is 0 Å². The minimum Gasteiger partial charge on any atom is -0.326 e. The lowest BCUT2D eigenvalue weighted by Crippen LogP contribution is -2.31. The van der Waals surface area contributed by atoms with E-state index in [4.69, 9.17) is 0 Å². The molecule has 29 heavy (non-hydrogen) atoms. The second-order valence-electron chi connectivity index (χ2n) is 7.30. The summed E-state index contributed by atoms with van der Waals surface area (Å²) in [6, 6.07) is 6.18. The van der Waals surface area contributed by atoms with Crippen LogP contribution in [0.5, 0.6) is 0 Å². The number of rotatable bonds is 5. The molecule has 0 aliphatic carbocycles. The van der Waals surface area contributed by atoms with Gasteiger partial charge in [-0.2, -0.15) is 4.31 Å². The Hall–Kier alpha value is -2.52. The summed E-state index contributed by atoms with van der Waals surface area (Å²) < 4.78 is 28.5. The van der Waals surface area contributed by atoms with Crippen molar-refractivity contribution in [3.05, 3.63) is 52.2 Å². The normalized spacial score (nSPS) is 15.7. The van der Waals surface area contributed by atoms with Crippen molar-refractivity contribution < 1.29 is 13.2 Å². The third-order valence-corrected chi connectivity index (χ3v) is 7.04. The van der Waals surface area contributed by atoms with E-state index in [1.165, 1.54) is 27.3 Å². The first kappa shape index (κ1) is 21.2. The Balaban J connectivity index is 1.68. The van der Waals surface area contributed by atoms with Crippen molar-refractivity contribution in [2.45, 2.75) is 43.9 Å². The van der Waals surface area contributed by atoms with Crippen LogP contribution in [0.1, 0.15) is 36.9 Å². The van der Waals surface area contributed by atoms with Gasteiger partial charge in [0, 0.05) is 31.4 Å². The zero-order valence-electron chi connectivity index (χ0n) is 16.7. The topological polar surface area (TPSA) is 101 Å². The molecule has 1 saturated heterocycles. The van der Waals surface area contributed by atoms with E-state index in [0.717, 1.165) is 25.7 Å². The third-order valence-electron chi connectivity index (χ3n) is 5.13. The average Bonchev–Trinajstić information content (AvgIpc) is 2.99. The number of anilines is 1. The van der Waals surface area contributed by atoms with Crippen LogP contribution in [0, 0.1) is 6.92 Å². The van der Waals surface area contributed by atoms with Gasteiger partial charge in [-0.1, -0.05) is 12.8 Å². The lowest BCUT2D eigenvalue weighted by atomic mass is 10.2. The number of hydrogen-bond acceptors (Lipinski definition) is 5. The van der Waals surface area contributed by atoms with Gasteiger partial charge >= 0.3 is 0 Å². The van der Waals surface area contributed by atoms with Crippen LogP contribution in [0.4, 0.5) is 5.69 Å². The molecule has 1 aromatic heterocycles.